The van der Waals surface area contributed by atoms with Crippen molar-refractivity contribution in [1.82, 2.24) is 0 Å². The molecule has 3 N–H and O–H groups in total. The second-order valence-corrected chi connectivity index (χ2v) is 4.26. The van der Waals surface area contributed by atoms with Crippen molar-refractivity contribution >= 4 is 17.9 Å². The number of hydrogen-bond acceptors (Lipinski definition) is 3. The third kappa shape index (κ3) is 4.42. The summed E-state index contributed by atoms with van der Waals surface area (Å²) in [5, 5.41) is 26.4. The average molecular weight is 266 g/mol. The van der Waals surface area contributed by atoms with Crippen molar-refractivity contribution in [3.63, 3.8) is 0 Å². The van der Waals surface area contributed by atoms with Crippen LogP contribution in [-0.4, -0.2) is 33.2 Å². The molecule has 1 rings (SSSR count). The van der Waals surface area contributed by atoms with Crippen molar-refractivity contribution < 1.29 is 29.7 Å². The Morgan fingerprint density at radius 2 is 1.16 bits per heavy atom. The first-order valence-corrected chi connectivity index (χ1v) is 5.56. The molecule has 0 saturated carbocycles. The molecule has 0 aliphatic rings. The summed E-state index contributed by atoms with van der Waals surface area (Å²) < 4.78 is 0. The molecule has 0 aliphatic carbocycles. The Morgan fingerprint density at radius 3 is 1.58 bits per heavy atom. The number of carbonyl (C=O) groups is 3. The first kappa shape index (κ1) is 14.7. The van der Waals surface area contributed by atoms with E-state index in [2.05, 4.69) is 0 Å². The monoisotopic (exact) mass is 266 g/mol. The maximum Gasteiger partial charge on any atom is 0.307 e. The number of aryl methyl sites for hydroxylation is 1. The Bertz CT molecular complexity index is 532. The van der Waals surface area contributed by atoms with Gasteiger partial charge in [-0.1, -0.05) is 12.1 Å². The molecule has 0 saturated heterocycles. The van der Waals surface area contributed by atoms with Gasteiger partial charge in [0.15, 0.2) is 0 Å². The second-order valence-electron chi connectivity index (χ2n) is 4.26. The predicted octanol–water partition coefficient (Wildman–Crippen LogP) is 0.876. The molecule has 1 aromatic carbocycles. The molecular weight excluding hydrogens is 252 g/mol. The number of carboxylic acids is 3. The molecule has 1 aromatic rings. The molecule has 0 radical (unpaired) electrons. The van der Waals surface area contributed by atoms with Crippen LogP contribution in [0.4, 0.5) is 0 Å². The smallest absolute Gasteiger partial charge is 0.307 e. The maximum atomic E-state index is 10.8. The fourth-order valence-corrected chi connectivity index (χ4v) is 1.87. The molecule has 102 valence electrons. The molecule has 19 heavy (non-hydrogen) atoms. The van der Waals surface area contributed by atoms with Gasteiger partial charge in [-0.25, -0.2) is 0 Å². The minimum Gasteiger partial charge on any atom is -0.481 e. The normalized spacial score (nSPS) is 10.2. The van der Waals surface area contributed by atoms with Gasteiger partial charge >= 0.3 is 17.9 Å². The lowest BCUT2D eigenvalue weighted by molar-refractivity contribution is -0.137. The highest BCUT2D eigenvalue weighted by Gasteiger charge is 2.14. The fourth-order valence-electron chi connectivity index (χ4n) is 1.87. The Labute approximate surface area is 109 Å². The Balaban J connectivity index is 3.23. The van der Waals surface area contributed by atoms with Crippen LogP contribution in [0.3, 0.4) is 0 Å². The van der Waals surface area contributed by atoms with Gasteiger partial charge in [0.1, 0.15) is 0 Å². The van der Waals surface area contributed by atoms with Gasteiger partial charge in [-0.05, 0) is 29.2 Å². The van der Waals surface area contributed by atoms with Crippen molar-refractivity contribution in [1.29, 1.82) is 0 Å². The summed E-state index contributed by atoms with van der Waals surface area (Å²) in [5.74, 6) is -3.16. The SMILES string of the molecule is Cc1cc(CC(=O)O)c(CC(=O)O)cc1CC(=O)O. The summed E-state index contributed by atoms with van der Waals surface area (Å²) >= 11 is 0. The third-order valence-electron chi connectivity index (χ3n) is 2.68. The van der Waals surface area contributed by atoms with Gasteiger partial charge in [0, 0.05) is 0 Å². The zero-order chi connectivity index (χ0) is 14.6. The highest BCUT2D eigenvalue weighted by atomic mass is 16.4. The van der Waals surface area contributed by atoms with E-state index in [1.165, 1.54) is 6.07 Å². The standard InChI is InChI=1S/C13H14O6/c1-7-2-9(5-12(16)17)10(6-13(18)19)3-8(7)4-11(14)15/h2-3H,4-6H2,1H3,(H,14,15)(H,16,17)(H,18,19). The lowest BCUT2D eigenvalue weighted by Crippen LogP contribution is -2.11. The van der Waals surface area contributed by atoms with Gasteiger partial charge in [0.05, 0.1) is 19.3 Å². The molecule has 0 aliphatic heterocycles. The minimum absolute atomic E-state index is 0.216. The number of carboxylic acid groups (broad SMARTS) is 3. The van der Waals surface area contributed by atoms with Crippen molar-refractivity contribution in [3.8, 4) is 0 Å². The van der Waals surface area contributed by atoms with E-state index in [9.17, 15) is 14.4 Å². The van der Waals surface area contributed by atoms with Gasteiger partial charge in [0.25, 0.3) is 0 Å². The fraction of sp³-hybridized carbons (Fsp3) is 0.308. The Morgan fingerprint density at radius 1 is 0.789 bits per heavy atom. The van der Waals surface area contributed by atoms with E-state index in [-0.39, 0.29) is 19.3 Å². The van der Waals surface area contributed by atoms with Crippen molar-refractivity contribution in [2.75, 3.05) is 0 Å². The van der Waals surface area contributed by atoms with Crippen LogP contribution in [0, 0.1) is 6.92 Å². The van der Waals surface area contributed by atoms with E-state index in [1.807, 2.05) is 0 Å². The van der Waals surface area contributed by atoms with E-state index in [4.69, 9.17) is 15.3 Å². The van der Waals surface area contributed by atoms with Gasteiger partial charge in [-0.15, -0.1) is 0 Å². The highest BCUT2D eigenvalue weighted by molar-refractivity contribution is 5.76. The second kappa shape index (κ2) is 5.99. The van der Waals surface area contributed by atoms with Crippen LogP contribution in [0.5, 0.6) is 0 Å². The largest absolute Gasteiger partial charge is 0.481 e. The Hall–Kier alpha value is -2.37. The maximum absolute atomic E-state index is 10.8. The van der Waals surface area contributed by atoms with Gasteiger partial charge < -0.3 is 15.3 Å². The summed E-state index contributed by atoms with van der Waals surface area (Å²) in [4.78, 5) is 32.2. The van der Waals surface area contributed by atoms with Gasteiger partial charge in [0.2, 0.25) is 0 Å². The van der Waals surface area contributed by atoms with Crippen molar-refractivity contribution in [2.24, 2.45) is 0 Å². The zero-order valence-corrected chi connectivity index (χ0v) is 10.3. The zero-order valence-electron chi connectivity index (χ0n) is 10.3. The molecule has 0 unspecified atom stereocenters. The van der Waals surface area contributed by atoms with Gasteiger partial charge in [-0.2, -0.15) is 0 Å². The molecule has 0 aromatic heterocycles. The van der Waals surface area contributed by atoms with Crippen LogP contribution in [0.15, 0.2) is 12.1 Å². The quantitative estimate of drug-likeness (QED) is 0.704. The number of hydrogen-bond donors (Lipinski definition) is 3. The lowest BCUT2D eigenvalue weighted by atomic mass is 9.94. The average Bonchev–Trinajstić information content (AvgIpc) is 2.22. The first-order valence-electron chi connectivity index (χ1n) is 5.56. The molecule has 0 fully saturated rings. The molecule has 0 atom stereocenters. The van der Waals surface area contributed by atoms with E-state index < -0.39 is 17.9 Å². The van der Waals surface area contributed by atoms with Crippen LogP contribution in [-0.2, 0) is 33.6 Å². The summed E-state index contributed by atoms with van der Waals surface area (Å²) in [7, 11) is 0. The van der Waals surface area contributed by atoms with E-state index >= 15 is 0 Å². The highest BCUT2D eigenvalue weighted by Crippen LogP contribution is 2.19. The molecule has 6 heteroatoms. The molecule has 0 spiro atoms. The van der Waals surface area contributed by atoms with Crippen LogP contribution < -0.4 is 0 Å². The third-order valence-corrected chi connectivity index (χ3v) is 2.68. The van der Waals surface area contributed by atoms with E-state index in [1.54, 1.807) is 13.0 Å². The molecular formula is C13H14O6. The number of benzene rings is 1. The molecule has 0 amide bonds. The molecule has 0 bridgehead atoms. The minimum atomic E-state index is -1.09. The van der Waals surface area contributed by atoms with Crippen LogP contribution in [0.25, 0.3) is 0 Å². The van der Waals surface area contributed by atoms with E-state index in [0.717, 1.165) is 0 Å². The van der Waals surface area contributed by atoms with Gasteiger partial charge in [-0.3, -0.25) is 14.4 Å². The first-order chi connectivity index (χ1) is 8.79. The number of rotatable bonds is 6. The topological polar surface area (TPSA) is 112 Å². The molecule has 0 heterocycles. The van der Waals surface area contributed by atoms with Crippen molar-refractivity contribution in [3.05, 3.63) is 34.4 Å². The van der Waals surface area contributed by atoms with Crippen molar-refractivity contribution in [2.45, 2.75) is 26.2 Å². The predicted molar refractivity (Wildman–Crippen MR) is 65.2 cm³/mol. The van der Waals surface area contributed by atoms with Crippen LogP contribution in [0.1, 0.15) is 22.3 Å². The van der Waals surface area contributed by atoms with E-state index in [0.29, 0.717) is 22.3 Å². The summed E-state index contributed by atoms with van der Waals surface area (Å²) in [5.41, 5.74) is 1.89. The summed E-state index contributed by atoms with van der Waals surface area (Å²) in [6, 6.07) is 3.01. The molecule has 6 nitrogen and oxygen atoms in total. The summed E-state index contributed by atoms with van der Waals surface area (Å²) in [6.45, 7) is 1.67. The van der Waals surface area contributed by atoms with Crippen LogP contribution >= 0.6 is 0 Å². The van der Waals surface area contributed by atoms with Crippen LogP contribution in [0.2, 0.25) is 0 Å². The summed E-state index contributed by atoms with van der Waals surface area (Å²) in [6.07, 6.45) is -0.821. The lowest BCUT2D eigenvalue weighted by Gasteiger charge is -2.11. The number of aliphatic carboxylic acids is 3. The Kier molecular flexibility index (Phi) is 4.63.